The lowest BCUT2D eigenvalue weighted by Crippen LogP contribution is -2.39. The summed E-state index contributed by atoms with van der Waals surface area (Å²) in [5.74, 6) is 0. The van der Waals surface area contributed by atoms with E-state index in [9.17, 15) is 0 Å². The van der Waals surface area contributed by atoms with Crippen molar-refractivity contribution in [1.82, 2.24) is 4.90 Å². The van der Waals surface area contributed by atoms with Crippen LogP contribution in [-0.2, 0) is 0 Å². The average molecular weight is 202 g/mol. The zero-order valence-corrected chi connectivity index (χ0v) is 9.59. The Morgan fingerprint density at radius 1 is 1.07 bits per heavy atom. The van der Waals surface area contributed by atoms with Gasteiger partial charge in [-0.25, -0.2) is 0 Å². The number of hydrogen-bond acceptors (Lipinski definition) is 2. The van der Waals surface area contributed by atoms with Crippen LogP contribution in [0, 0.1) is 0 Å². The summed E-state index contributed by atoms with van der Waals surface area (Å²) in [5, 5.41) is 0. The van der Waals surface area contributed by atoms with Gasteiger partial charge in [-0.1, -0.05) is 18.2 Å². The first-order valence-electron chi connectivity index (χ1n) is 5.49. The van der Waals surface area contributed by atoms with Crippen LogP contribution in [0.5, 0.6) is 0 Å². The molecule has 1 aromatic carbocycles. The number of para-hydroxylation sites is 1. The summed E-state index contributed by atoms with van der Waals surface area (Å²) in [6.07, 6.45) is 4.73. The number of hydrogen-bond donors (Lipinski definition) is 0. The van der Waals surface area contributed by atoms with Gasteiger partial charge in [0, 0.05) is 24.1 Å². The van der Waals surface area contributed by atoms with Gasteiger partial charge in [0.15, 0.2) is 0 Å². The van der Waals surface area contributed by atoms with Crippen LogP contribution in [0.4, 0.5) is 5.69 Å². The maximum Gasteiger partial charge on any atom is 0.103 e. The van der Waals surface area contributed by atoms with Gasteiger partial charge in [0.05, 0.1) is 0 Å². The van der Waals surface area contributed by atoms with E-state index < -0.39 is 0 Å². The van der Waals surface area contributed by atoms with E-state index in [1.165, 1.54) is 5.69 Å². The van der Waals surface area contributed by atoms with Gasteiger partial charge in [0.2, 0.25) is 0 Å². The molecule has 80 valence electrons. The molecular weight excluding hydrogens is 184 g/mol. The van der Waals surface area contributed by atoms with Crippen molar-refractivity contribution in [1.29, 1.82) is 0 Å². The van der Waals surface area contributed by atoms with Crippen LogP contribution in [-0.4, -0.2) is 17.1 Å². The fourth-order valence-corrected chi connectivity index (χ4v) is 2.05. The molecule has 15 heavy (non-hydrogen) atoms. The van der Waals surface area contributed by atoms with E-state index in [1.54, 1.807) is 0 Å². The van der Waals surface area contributed by atoms with Crippen LogP contribution in [0.25, 0.3) is 0 Å². The van der Waals surface area contributed by atoms with E-state index in [2.05, 4.69) is 67.2 Å². The van der Waals surface area contributed by atoms with E-state index in [0.29, 0.717) is 12.2 Å². The van der Waals surface area contributed by atoms with Gasteiger partial charge in [-0.3, -0.25) is 0 Å². The molecule has 0 radical (unpaired) electrons. The first-order chi connectivity index (χ1) is 7.20. The monoisotopic (exact) mass is 202 g/mol. The number of nitrogens with zero attached hydrogens (tertiary/aromatic N) is 2. The molecule has 1 heterocycles. The van der Waals surface area contributed by atoms with Gasteiger partial charge >= 0.3 is 0 Å². The molecule has 1 aliphatic heterocycles. The molecule has 0 fully saturated rings. The van der Waals surface area contributed by atoms with Gasteiger partial charge in [-0.05, 0) is 32.9 Å². The third-order valence-electron chi connectivity index (χ3n) is 2.88. The standard InChI is InChI=1S/C13H18N2/c1-11(2)14-9-10-15(12(14)3)13-7-5-4-6-8-13/h4-12H,1-3H3/t12-/m1/s1. The first kappa shape index (κ1) is 10.1. The Kier molecular flexibility index (Phi) is 2.67. The normalized spacial score (nSPS) is 20.4. The Balaban J connectivity index is 2.18. The molecule has 0 unspecified atom stereocenters. The maximum atomic E-state index is 2.35. The number of rotatable bonds is 2. The molecule has 0 saturated carbocycles. The highest BCUT2D eigenvalue weighted by molar-refractivity contribution is 5.51. The van der Waals surface area contributed by atoms with Gasteiger partial charge in [0.25, 0.3) is 0 Å². The fourth-order valence-electron chi connectivity index (χ4n) is 2.05. The predicted molar refractivity (Wildman–Crippen MR) is 64.5 cm³/mol. The largest absolute Gasteiger partial charge is 0.353 e. The zero-order chi connectivity index (χ0) is 10.8. The highest BCUT2D eigenvalue weighted by atomic mass is 15.4. The molecule has 0 aromatic heterocycles. The Hall–Kier alpha value is -1.44. The third-order valence-corrected chi connectivity index (χ3v) is 2.88. The smallest absolute Gasteiger partial charge is 0.103 e. The molecule has 1 aromatic rings. The lowest BCUT2D eigenvalue weighted by atomic mass is 10.2. The van der Waals surface area contributed by atoms with Crippen LogP contribution in [0.15, 0.2) is 42.7 Å². The summed E-state index contributed by atoms with van der Waals surface area (Å²) in [4.78, 5) is 4.65. The molecule has 0 amide bonds. The minimum atomic E-state index is 0.410. The molecule has 1 atom stereocenters. The van der Waals surface area contributed by atoms with Crippen molar-refractivity contribution in [3.05, 3.63) is 42.7 Å². The Labute approximate surface area is 91.8 Å². The second kappa shape index (κ2) is 3.97. The molecule has 2 heteroatoms. The van der Waals surface area contributed by atoms with Gasteiger partial charge in [0.1, 0.15) is 6.17 Å². The van der Waals surface area contributed by atoms with Crippen LogP contribution in [0.2, 0.25) is 0 Å². The van der Waals surface area contributed by atoms with Gasteiger partial charge in [-0.15, -0.1) is 0 Å². The van der Waals surface area contributed by atoms with Gasteiger partial charge < -0.3 is 9.80 Å². The summed E-state index contributed by atoms with van der Waals surface area (Å²) in [7, 11) is 0. The van der Waals surface area contributed by atoms with Crippen molar-refractivity contribution < 1.29 is 0 Å². The molecule has 0 spiro atoms. The van der Waals surface area contributed by atoms with Crippen molar-refractivity contribution in [2.75, 3.05) is 4.90 Å². The fraction of sp³-hybridized carbons (Fsp3) is 0.385. The molecule has 0 aliphatic carbocycles. The second-order valence-electron chi connectivity index (χ2n) is 4.21. The average Bonchev–Trinajstić information content (AvgIpc) is 2.61. The summed E-state index contributed by atoms with van der Waals surface area (Å²) < 4.78 is 0. The zero-order valence-electron chi connectivity index (χ0n) is 9.59. The predicted octanol–water partition coefficient (Wildman–Crippen LogP) is 3.03. The Bertz CT molecular complexity index is 343. The number of anilines is 1. The lowest BCUT2D eigenvalue weighted by Gasteiger charge is -2.32. The molecular formula is C13H18N2. The summed E-state index contributed by atoms with van der Waals surface area (Å²) >= 11 is 0. The summed E-state index contributed by atoms with van der Waals surface area (Å²) in [5.41, 5.74) is 1.25. The molecule has 2 rings (SSSR count). The topological polar surface area (TPSA) is 6.48 Å². The van der Waals surface area contributed by atoms with Crippen molar-refractivity contribution in [3.8, 4) is 0 Å². The van der Waals surface area contributed by atoms with Crippen molar-refractivity contribution >= 4 is 5.69 Å². The van der Waals surface area contributed by atoms with Crippen molar-refractivity contribution in [3.63, 3.8) is 0 Å². The summed E-state index contributed by atoms with van der Waals surface area (Å²) in [6, 6.07) is 11.0. The summed E-state index contributed by atoms with van der Waals surface area (Å²) in [6.45, 7) is 6.66. The van der Waals surface area contributed by atoms with Crippen molar-refractivity contribution in [2.45, 2.75) is 33.0 Å². The van der Waals surface area contributed by atoms with E-state index in [0.717, 1.165) is 0 Å². The van der Waals surface area contributed by atoms with E-state index in [1.807, 2.05) is 6.07 Å². The SMILES string of the molecule is CC(C)N1C=CN(c2ccccc2)[C@@H]1C. The van der Waals surface area contributed by atoms with E-state index >= 15 is 0 Å². The van der Waals surface area contributed by atoms with Crippen molar-refractivity contribution in [2.24, 2.45) is 0 Å². The quantitative estimate of drug-likeness (QED) is 0.727. The Morgan fingerprint density at radius 3 is 2.27 bits per heavy atom. The first-order valence-corrected chi connectivity index (χ1v) is 5.49. The van der Waals surface area contributed by atoms with Gasteiger partial charge in [-0.2, -0.15) is 0 Å². The van der Waals surface area contributed by atoms with E-state index in [4.69, 9.17) is 0 Å². The highest BCUT2D eigenvalue weighted by Crippen LogP contribution is 2.25. The molecule has 2 nitrogen and oxygen atoms in total. The number of benzene rings is 1. The molecule has 0 bridgehead atoms. The van der Waals surface area contributed by atoms with E-state index in [-0.39, 0.29) is 0 Å². The molecule has 0 saturated heterocycles. The lowest BCUT2D eigenvalue weighted by molar-refractivity contribution is 0.263. The molecule has 0 N–H and O–H groups in total. The minimum Gasteiger partial charge on any atom is -0.353 e. The third kappa shape index (κ3) is 1.84. The van der Waals surface area contributed by atoms with Crippen LogP contribution < -0.4 is 4.90 Å². The van der Waals surface area contributed by atoms with Crippen LogP contribution >= 0.6 is 0 Å². The minimum absolute atomic E-state index is 0.410. The highest BCUT2D eigenvalue weighted by Gasteiger charge is 2.24. The Morgan fingerprint density at radius 2 is 1.73 bits per heavy atom. The van der Waals surface area contributed by atoms with Crippen LogP contribution in [0.3, 0.4) is 0 Å². The van der Waals surface area contributed by atoms with Crippen LogP contribution in [0.1, 0.15) is 20.8 Å². The second-order valence-corrected chi connectivity index (χ2v) is 4.21. The molecule has 1 aliphatic rings. The maximum absolute atomic E-state index is 2.35.